The molecule has 1 atom stereocenters. The molecule has 0 radical (unpaired) electrons. The number of ether oxygens (including phenoxy) is 1. The first-order valence-electron chi connectivity index (χ1n) is 12.1. The molecule has 0 spiro atoms. The van der Waals surface area contributed by atoms with E-state index in [4.69, 9.17) is 4.74 Å². The second-order valence-corrected chi connectivity index (χ2v) is 10.2. The minimum Gasteiger partial charge on any atom is -0.490 e. The van der Waals surface area contributed by atoms with Crippen LogP contribution in [0.25, 0.3) is 0 Å². The van der Waals surface area contributed by atoms with E-state index in [9.17, 15) is 14.9 Å². The van der Waals surface area contributed by atoms with Crippen molar-refractivity contribution in [1.82, 2.24) is 0 Å². The third-order valence-corrected chi connectivity index (χ3v) is 8.32. The van der Waals surface area contributed by atoms with Crippen molar-refractivity contribution in [1.29, 1.82) is 5.26 Å². The molecule has 2 aliphatic carbocycles. The second kappa shape index (κ2) is 9.60. The Bertz CT molecular complexity index is 1220. The van der Waals surface area contributed by atoms with E-state index in [1.54, 1.807) is 22.3 Å². The predicted molar refractivity (Wildman–Crippen MR) is 133 cm³/mol. The van der Waals surface area contributed by atoms with Crippen molar-refractivity contribution in [2.45, 2.75) is 63.7 Å². The molecule has 0 saturated heterocycles. The molecule has 1 amide bonds. The molecule has 0 fully saturated rings. The summed E-state index contributed by atoms with van der Waals surface area (Å²) in [6, 6.07) is 10.1. The molecule has 5 nitrogen and oxygen atoms in total. The van der Waals surface area contributed by atoms with E-state index in [0.717, 1.165) is 65.3 Å². The number of carbonyl (C=O) groups is 2. The normalized spacial score (nSPS) is 20.3. The fourth-order valence-corrected chi connectivity index (χ4v) is 6.85. The number of hydrogen-bond donors (Lipinski definition) is 0. The number of hydrogen-bond acceptors (Lipinski definition) is 5. The number of rotatable bonds is 5. The molecule has 1 aromatic heterocycles. The maximum atomic E-state index is 13.6. The number of anilines is 1. The first kappa shape index (κ1) is 22.6. The smallest absolute Gasteiger partial charge is 0.232 e. The number of aryl methyl sites for hydroxylation is 1. The minimum absolute atomic E-state index is 0.0293. The predicted octanol–water partition coefficient (Wildman–Crippen LogP) is 5.98. The maximum absolute atomic E-state index is 13.6. The van der Waals surface area contributed by atoms with Gasteiger partial charge in [0.2, 0.25) is 5.91 Å². The molecule has 0 saturated carbocycles. The molecule has 0 bridgehead atoms. The lowest BCUT2D eigenvalue weighted by molar-refractivity contribution is -0.119. The summed E-state index contributed by atoms with van der Waals surface area (Å²) < 4.78 is 5.59. The summed E-state index contributed by atoms with van der Waals surface area (Å²) in [5.41, 5.74) is 4.26. The summed E-state index contributed by atoms with van der Waals surface area (Å²) in [5.74, 6) is 0.560. The molecular formula is C28H28N2O3S. The fraction of sp³-hybridized carbons (Fsp3) is 0.393. The zero-order valence-corrected chi connectivity index (χ0v) is 20.1. The Hall–Kier alpha value is -3.17. The number of nitriles is 1. The van der Waals surface area contributed by atoms with Crippen molar-refractivity contribution in [2.75, 3.05) is 11.5 Å². The highest BCUT2D eigenvalue weighted by molar-refractivity contribution is 7.16. The quantitative estimate of drug-likeness (QED) is 0.396. The fourth-order valence-electron chi connectivity index (χ4n) is 5.47. The zero-order valence-electron chi connectivity index (χ0n) is 19.3. The van der Waals surface area contributed by atoms with Crippen LogP contribution >= 0.6 is 11.3 Å². The number of amides is 1. The number of nitrogens with zero attached hydrogens (tertiary/aromatic N) is 2. The molecule has 1 aromatic carbocycles. The summed E-state index contributed by atoms with van der Waals surface area (Å²) in [5, 5.41) is 10.8. The molecule has 5 rings (SSSR count). The van der Waals surface area contributed by atoms with Crippen LogP contribution in [0.2, 0.25) is 0 Å². The van der Waals surface area contributed by atoms with Crippen LogP contribution in [-0.4, -0.2) is 18.3 Å². The highest BCUT2D eigenvalue weighted by atomic mass is 32.1. The maximum Gasteiger partial charge on any atom is 0.232 e. The van der Waals surface area contributed by atoms with Gasteiger partial charge in [0, 0.05) is 34.9 Å². The molecule has 2 aromatic rings. The van der Waals surface area contributed by atoms with Gasteiger partial charge in [-0.3, -0.25) is 14.5 Å². The van der Waals surface area contributed by atoms with Gasteiger partial charge in [-0.15, -0.1) is 11.3 Å². The van der Waals surface area contributed by atoms with Gasteiger partial charge in [-0.2, -0.15) is 5.26 Å². The Labute approximate surface area is 204 Å². The highest BCUT2D eigenvalue weighted by Gasteiger charge is 2.41. The molecule has 1 aliphatic heterocycles. The van der Waals surface area contributed by atoms with E-state index in [1.165, 1.54) is 11.3 Å². The summed E-state index contributed by atoms with van der Waals surface area (Å²) in [4.78, 5) is 29.8. The highest BCUT2D eigenvalue weighted by Crippen LogP contribution is 2.48. The van der Waals surface area contributed by atoms with Gasteiger partial charge in [0.05, 0.1) is 5.56 Å². The van der Waals surface area contributed by atoms with Gasteiger partial charge in [0.15, 0.2) is 5.78 Å². The van der Waals surface area contributed by atoms with Crippen LogP contribution in [0.15, 0.2) is 48.2 Å². The Kier molecular flexibility index (Phi) is 6.38. The molecule has 3 aliphatic rings. The Balaban J connectivity index is 1.58. The Morgan fingerprint density at radius 2 is 1.88 bits per heavy atom. The van der Waals surface area contributed by atoms with E-state index in [2.05, 4.69) is 12.6 Å². The van der Waals surface area contributed by atoms with Crippen molar-refractivity contribution in [3.63, 3.8) is 0 Å². The van der Waals surface area contributed by atoms with Gasteiger partial charge >= 0.3 is 0 Å². The van der Waals surface area contributed by atoms with Gasteiger partial charge in [0.1, 0.15) is 23.4 Å². The zero-order chi connectivity index (χ0) is 23.7. The molecule has 2 heterocycles. The van der Waals surface area contributed by atoms with Crippen LogP contribution in [0.4, 0.5) is 5.00 Å². The number of fused-ring (bicyclic) bond motifs is 1. The summed E-state index contributed by atoms with van der Waals surface area (Å²) in [6.07, 6.45) is 9.06. The third-order valence-electron chi connectivity index (χ3n) is 7.04. The monoisotopic (exact) mass is 472 g/mol. The van der Waals surface area contributed by atoms with Crippen LogP contribution in [0.3, 0.4) is 0 Å². The lowest BCUT2D eigenvalue weighted by atomic mass is 9.77. The molecule has 174 valence electrons. The molecule has 6 heteroatoms. The van der Waals surface area contributed by atoms with E-state index < -0.39 is 0 Å². The Morgan fingerprint density at radius 3 is 2.65 bits per heavy atom. The largest absolute Gasteiger partial charge is 0.490 e. The third kappa shape index (κ3) is 3.99. The number of thiophene rings is 1. The second-order valence-electron chi connectivity index (χ2n) is 9.15. The van der Waals surface area contributed by atoms with Crippen LogP contribution in [0, 0.1) is 11.3 Å². The van der Waals surface area contributed by atoms with Gasteiger partial charge in [-0.05, 0) is 61.8 Å². The van der Waals surface area contributed by atoms with E-state index in [0.29, 0.717) is 25.0 Å². The van der Waals surface area contributed by atoms with Crippen LogP contribution in [0.1, 0.15) is 72.4 Å². The van der Waals surface area contributed by atoms with Crippen molar-refractivity contribution in [2.24, 2.45) is 0 Å². The topological polar surface area (TPSA) is 70.4 Å². The van der Waals surface area contributed by atoms with Crippen molar-refractivity contribution in [3.8, 4) is 11.8 Å². The molecule has 0 N–H and O–H groups in total. The van der Waals surface area contributed by atoms with Crippen LogP contribution in [0.5, 0.6) is 5.75 Å². The number of ketones is 1. The first-order chi connectivity index (χ1) is 16.6. The van der Waals surface area contributed by atoms with Crippen molar-refractivity contribution < 1.29 is 14.3 Å². The molecule has 34 heavy (non-hydrogen) atoms. The number of allylic oxidation sites excluding steroid dienone is 2. The van der Waals surface area contributed by atoms with Gasteiger partial charge in [-0.25, -0.2) is 0 Å². The summed E-state index contributed by atoms with van der Waals surface area (Å²) in [6.45, 7) is 4.10. The summed E-state index contributed by atoms with van der Waals surface area (Å²) in [7, 11) is 0. The van der Waals surface area contributed by atoms with Crippen molar-refractivity contribution >= 4 is 28.0 Å². The van der Waals surface area contributed by atoms with Gasteiger partial charge < -0.3 is 4.74 Å². The van der Waals surface area contributed by atoms with E-state index in [1.807, 2.05) is 24.3 Å². The molecule has 0 unspecified atom stereocenters. The first-order valence-corrected chi connectivity index (χ1v) is 12.9. The number of carbonyl (C=O) groups excluding carboxylic acids is 2. The van der Waals surface area contributed by atoms with Crippen LogP contribution in [-0.2, 0) is 22.4 Å². The lowest BCUT2D eigenvalue weighted by Gasteiger charge is -2.38. The minimum atomic E-state index is -0.261. The van der Waals surface area contributed by atoms with Crippen molar-refractivity contribution in [3.05, 3.63) is 69.8 Å². The van der Waals surface area contributed by atoms with E-state index in [-0.39, 0.29) is 24.0 Å². The van der Waals surface area contributed by atoms with Gasteiger partial charge in [0.25, 0.3) is 0 Å². The average Bonchev–Trinajstić information content (AvgIpc) is 3.02. The number of Topliss-reactive ketones (excluding diaryl/α,β-unsaturated/α-hetero) is 1. The van der Waals surface area contributed by atoms with Crippen LogP contribution < -0.4 is 9.64 Å². The Morgan fingerprint density at radius 1 is 1.09 bits per heavy atom. The van der Waals surface area contributed by atoms with E-state index >= 15 is 0 Å². The standard InChI is InChI=1S/C28H28N2O3S/c1-2-15-33-19-13-11-18(12-14-19)21-16-26(32)30(23-8-6-9-24(31)27(21)23)28-22(17-29)20-7-4-3-5-10-25(20)34-28/h2,11-14,21H,1,3-10,15-16H2/t21-/m0/s1. The summed E-state index contributed by atoms with van der Waals surface area (Å²) >= 11 is 1.59. The van der Waals surface area contributed by atoms with Gasteiger partial charge in [-0.1, -0.05) is 31.2 Å². The average molecular weight is 473 g/mol. The lowest BCUT2D eigenvalue weighted by Crippen LogP contribution is -2.40. The SMILES string of the molecule is C=CCOc1ccc([C@@H]2CC(=O)N(c3sc4c(c3C#N)CCCCC4)C3=C2C(=O)CCC3)cc1. The molecular weight excluding hydrogens is 444 g/mol. The number of benzene rings is 1.